The van der Waals surface area contributed by atoms with Crippen molar-refractivity contribution in [3.63, 3.8) is 0 Å². The number of amides is 1. The molecule has 6 heteroatoms. The van der Waals surface area contributed by atoms with Gasteiger partial charge in [0.05, 0.1) is 12.5 Å². The van der Waals surface area contributed by atoms with Gasteiger partial charge in [0, 0.05) is 27.2 Å². The Bertz CT molecular complexity index is 583. The monoisotopic (exact) mass is 336 g/mol. The van der Waals surface area contributed by atoms with Gasteiger partial charge in [0.2, 0.25) is 5.91 Å². The number of likely N-dealkylation sites (N-methyl/N-ethyl adjacent to an activating group) is 1. The average molecular weight is 336 g/mol. The summed E-state index contributed by atoms with van der Waals surface area (Å²) in [5.74, 6) is -1.10. The second kappa shape index (κ2) is 8.24. The Kier molecular flexibility index (Phi) is 6.31. The molecular weight excluding hydrogens is 311 g/mol. The summed E-state index contributed by atoms with van der Waals surface area (Å²) in [6.45, 7) is 3.58. The van der Waals surface area contributed by atoms with Crippen LogP contribution in [-0.4, -0.2) is 61.5 Å². The minimum atomic E-state index is -0.492. The number of halogens is 1. The molecule has 0 spiro atoms. The number of likely N-dealkylation sites (tertiary alicyclic amines) is 1. The summed E-state index contributed by atoms with van der Waals surface area (Å²) in [6, 6.07) is 6.03. The highest BCUT2D eigenvalue weighted by molar-refractivity contribution is 5.78. The molecule has 1 aromatic carbocycles. The van der Waals surface area contributed by atoms with Crippen LogP contribution >= 0.6 is 0 Å². The van der Waals surface area contributed by atoms with Crippen molar-refractivity contribution in [3.8, 4) is 0 Å². The quantitative estimate of drug-likeness (QED) is 0.772. The molecule has 0 aromatic heterocycles. The summed E-state index contributed by atoms with van der Waals surface area (Å²) in [4.78, 5) is 27.6. The van der Waals surface area contributed by atoms with Crippen molar-refractivity contribution in [2.75, 3.05) is 33.7 Å². The van der Waals surface area contributed by atoms with Crippen LogP contribution in [0.25, 0.3) is 0 Å². The molecule has 1 atom stereocenters. The lowest BCUT2D eigenvalue weighted by atomic mass is 10.0. The van der Waals surface area contributed by atoms with Gasteiger partial charge < -0.3 is 9.64 Å². The first-order valence-corrected chi connectivity index (χ1v) is 8.25. The molecule has 0 radical (unpaired) electrons. The number of ether oxygens (including phenoxy) is 1. The van der Waals surface area contributed by atoms with Crippen LogP contribution in [0.1, 0.15) is 31.2 Å². The third-order valence-corrected chi connectivity index (χ3v) is 4.38. The molecule has 24 heavy (non-hydrogen) atoms. The first-order chi connectivity index (χ1) is 11.4. The SMILES string of the molecule is CC(C(=O)OC1CCN(CC(=O)N(C)C)CC1)c1cccc(F)c1. The highest BCUT2D eigenvalue weighted by Gasteiger charge is 2.26. The summed E-state index contributed by atoms with van der Waals surface area (Å²) in [5, 5.41) is 0. The highest BCUT2D eigenvalue weighted by Crippen LogP contribution is 2.21. The van der Waals surface area contributed by atoms with Gasteiger partial charge in [-0.15, -0.1) is 0 Å². The van der Waals surface area contributed by atoms with Crippen LogP contribution in [0.4, 0.5) is 4.39 Å². The van der Waals surface area contributed by atoms with Crippen molar-refractivity contribution in [1.29, 1.82) is 0 Å². The lowest BCUT2D eigenvalue weighted by molar-refractivity contribution is -0.153. The molecule has 1 aromatic rings. The maximum Gasteiger partial charge on any atom is 0.313 e. The van der Waals surface area contributed by atoms with Gasteiger partial charge in [-0.2, -0.15) is 0 Å². The van der Waals surface area contributed by atoms with Crippen molar-refractivity contribution in [2.45, 2.75) is 31.8 Å². The van der Waals surface area contributed by atoms with E-state index in [-0.39, 0.29) is 23.8 Å². The second-order valence-electron chi connectivity index (χ2n) is 6.48. The largest absolute Gasteiger partial charge is 0.462 e. The number of hydrogen-bond acceptors (Lipinski definition) is 4. The van der Waals surface area contributed by atoms with E-state index in [2.05, 4.69) is 4.90 Å². The van der Waals surface area contributed by atoms with Gasteiger partial charge in [0.15, 0.2) is 0 Å². The van der Waals surface area contributed by atoms with Crippen molar-refractivity contribution < 1.29 is 18.7 Å². The smallest absolute Gasteiger partial charge is 0.313 e. The lowest BCUT2D eigenvalue weighted by Crippen LogP contribution is -2.43. The van der Waals surface area contributed by atoms with Crippen LogP contribution < -0.4 is 0 Å². The topological polar surface area (TPSA) is 49.9 Å². The minimum absolute atomic E-state index is 0.0742. The Labute approximate surface area is 142 Å². The highest BCUT2D eigenvalue weighted by atomic mass is 19.1. The molecule has 5 nitrogen and oxygen atoms in total. The van der Waals surface area contributed by atoms with Crippen LogP contribution in [0.2, 0.25) is 0 Å². The number of carbonyl (C=O) groups is 2. The number of nitrogens with zero attached hydrogens (tertiary/aromatic N) is 2. The van der Waals surface area contributed by atoms with Crippen molar-refractivity contribution in [2.24, 2.45) is 0 Å². The maximum atomic E-state index is 13.3. The molecular formula is C18H25FN2O3. The van der Waals surface area contributed by atoms with E-state index >= 15 is 0 Å². The molecule has 0 N–H and O–H groups in total. The maximum absolute atomic E-state index is 13.3. The lowest BCUT2D eigenvalue weighted by Gasteiger charge is -2.32. The zero-order chi connectivity index (χ0) is 17.7. The Morgan fingerprint density at radius 3 is 2.58 bits per heavy atom. The number of carbonyl (C=O) groups excluding carboxylic acids is 2. The van der Waals surface area contributed by atoms with Gasteiger partial charge in [0.1, 0.15) is 11.9 Å². The molecule has 1 saturated heterocycles. The van der Waals surface area contributed by atoms with E-state index in [0.717, 1.165) is 13.1 Å². The van der Waals surface area contributed by atoms with Crippen LogP contribution in [-0.2, 0) is 14.3 Å². The average Bonchev–Trinajstić information content (AvgIpc) is 2.55. The fourth-order valence-electron chi connectivity index (χ4n) is 2.70. The number of rotatable bonds is 5. The van der Waals surface area contributed by atoms with Gasteiger partial charge in [0.25, 0.3) is 0 Å². The van der Waals surface area contributed by atoms with Crippen LogP contribution in [0.15, 0.2) is 24.3 Å². The number of piperidine rings is 1. The van der Waals surface area contributed by atoms with Gasteiger partial charge >= 0.3 is 5.97 Å². The van der Waals surface area contributed by atoms with Gasteiger partial charge in [-0.3, -0.25) is 14.5 Å². The summed E-state index contributed by atoms with van der Waals surface area (Å²) in [6.07, 6.45) is 1.28. The third kappa shape index (κ3) is 5.03. The van der Waals surface area contributed by atoms with Gasteiger partial charge in [-0.05, 0) is 37.5 Å². The van der Waals surface area contributed by atoms with E-state index in [1.807, 2.05) is 0 Å². The summed E-state index contributed by atoms with van der Waals surface area (Å²) >= 11 is 0. The molecule has 1 aliphatic rings. The molecule has 0 saturated carbocycles. The predicted molar refractivity (Wildman–Crippen MR) is 89.1 cm³/mol. The molecule has 1 aliphatic heterocycles. The van der Waals surface area contributed by atoms with Crippen molar-refractivity contribution >= 4 is 11.9 Å². The zero-order valence-corrected chi connectivity index (χ0v) is 14.5. The first kappa shape index (κ1) is 18.4. The van der Waals surface area contributed by atoms with Crippen molar-refractivity contribution in [3.05, 3.63) is 35.6 Å². The van der Waals surface area contributed by atoms with E-state index in [4.69, 9.17) is 4.74 Å². The Hall–Kier alpha value is -1.95. The van der Waals surface area contributed by atoms with Gasteiger partial charge in [-0.25, -0.2) is 4.39 Å². The van der Waals surface area contributed by atoms with Crippen LogP contribution in [0.5, 0.6) is 0 Å². The normalized spacial score (nSPS) is 17.3. The van der Waals surface area contributed by atoms with E-state index in [1.165, 1.54) is 12.1 Å². The fourth-order valence-corrected chi connectivity index (χ4v) is 2.70. The van der Waals surface area contributed by atoms with E-state index < -0.39 is 5.92 Å². The fraction of sp³-hybridized carbons (Fsp3) is 0.556. The third-order valence-electron chi connectivity index (χ3n) is 4.38. The zero-order valence-electron chi connectivity index (χ0n) is 14.5. The standard InChI is InChI=1S/C18H25FN2O3/c1-13(14-5-4-6-15(19)11-14)18(23)24-16-7-9-21(10-8-16)12-17(22)20(2)3/h4-6,11,13,16H,7-10,12H2,1-3H3. The molecule has 1 amide bonds. The second-order valence-corrected chi connectivity index (χ2v) is 6.48. The molecule has 0 bridgehead atoms. The molecule has 1 fully saturated rings. The Morgan fingerprint density at radius 1 is 1.33 bits per heavy atom. The molecule has 0 aliphatic carbocycles. The number of esters is 1. The molecule has 2 rings (SSSR count). The van der Waals surface area contributed by atoms with Crippen LogP contribution in [0, 0.1) is 5.82 Å². The predicted octanol–water partition coefficient (Wildman–Crippen LogP) is 2.02. The number of benzene rings is 1. The Balaban J connectivity index is 1.81. The summed E-state index contributed by atoms with van der Waals surface area (Å²) in [5.41, 5.74) is 0.619. The molecule has 132 valence electrons. The summed E-state index contributed by atoms with van der Waals surface area (Å²) < 4.78 is 18.8. The first-order valence-electron chi connectivity index (χ1n) is 8.25. The van der Waals surface area contributed by atoms with Gasteiger partial charge in [-0.1, -0.05) is 12.1 Å². The Morgan fingerprint density at radius 2 is 2.00 bits per heavy atom. The van der Waals surface area contributed by atoms with E-state index in [0.29, 0.717) is 24.9 Å². The molecule has 1 unspecified atom stereocenters. The number of hydrogen-bond donors (Lipinski definition) is 0. The summed E-state index contributed by atoms with van der Waals surface area (Å²) in [7, 11) is 3.48. The van der Waals surface area contributed by atoms with E-state index in [9.17, 15) is 14.0 Å². The van der Waals surface area contributed by atoms with E-state index in [1.54, 1.807) is 38.1 Å². The van der Waals surface area contributed by atoms with Crippen molar-refractivity contribution in [1.82, 2.24) is 9.80 Å². The molecule has 1 heterocycles. The van der Waals surface area contributed by atoms with Crippen LogP contribution in [0.3, 0.4) is 0 Å². The minimum Gasteiger partial charge on any atom is -0.462 e.